The molecule has 4 fully saturated rings. The minimum atomic E-state index is -0.335. The monoisotopic (exact) mass is 405 g/mol. The third kappa shape index (κ3) is 3.93. The summed E-state index contributed by atoms with van der Waals surface area (Å²) in [5.74, 6) is 2.87. The lowest BCUT2D eigenvalue weighted by Crippen LogP contribution is -2.50. The molecular weight excluding hydrogens is 378 g/mol. The number of hydrogen-bond donors (Lipinski definition) is 1. The number of carbonyl (C=O) groups excluding carboxylic acids is 2. The molecule has 4 bridgehead atoms. The van der Waals surface area contributed by atoms with Gasteiger partial charge < -0.3 is 14.8 Å². The summed E-state index contributed by atoms with van der Waals surface area (Å²) < 4.78 is 11.3. The molecule has 2 aromatic carbocycles. The summed E-state index contributed by atoms with van der Waals surface area (Å²) in [6.45, 7) is -0.246. The molecular formula is C25H27NO4. The molecule has 0 heterocycles. The molecule has 0 aromatic heterocycles. The summed E-state index contributed by atoms with van der Waals surface area (Å²) in [6.07, 6.45) is 6.65. The molecule has 0 aliphatic heterocycles. The van der Waals surface area contributed by atoms with E-state index in [0.717, 1.165) is 25.0 Å². The van der Waals surface area contributed by atoms with Crippen molar-refractivity contribution in [3.8, 4) is 11.5 Å². The fourth-order valence-electron chi connectivity index (χ4n) is 6.10. The number of carbonyl (C=O) groups is 2. The van der Waals surface area contributed by atoms with Crippen LogP contribution in [0.4, 0.5) is 5.69 Å². The van der Waals surface area contributed by atoms with Crippen LogP contribution < -0.4 is 10.1 Å². The number of amides is 1. The Balaban J connectivity index is 1.16. The summed E-state index contributed by atoms with van der Waals surface area (Å²) in [4.78, 5) is 25.3. The van der Waals surface area contributed by atoms with E-state index in [4.69, 9.17) is 9.47 Å². The van der Waals surface area contributed by atoms with E-state index in [-0.39, 0.29) is 23.9 Å². The lowest BCUT2D eigenvalue weighted by atomic mass is 9.49. The van der Waals surface area contributed by atoms with Gasteiger partial charge in [0.25, 0.3) is 5.91 Å². The van der Waals surface area contributed by atoms with Gasteiger partial charge in [0.2, 0.25) is 0 Å². The van der Waals surface area contributed by atoms with E-state index in [2.05, 4.69) is 5.32 Å². The zero-order valence-corrected chi connectivity index (χ0v) is 17.0. The van der Waals surface area contributed by atoms with Gasteiger partial charge in [-0.15, -0.1) is 0 Å². The number of hydrogen-bond acceptors (Lipinski definition) is 4. The molecule has 0 radical (unpaired) electrons. The van der Waals surface area contributed by atoms with Crippen molar-refractivity contribution in [1.29, 1.82) is 0 Å². The second-order valence-corrected chi connectivity index (χ2v) is 9.27. The van der Waals surface area contributed by atoms with Gasteiger partial charge in [-0.3, -0.25) is 9.59 Å². The van der Waals surface area contributed by atoms with Gasteiger partial charge in [-0.1, -0.05) is 24.3 Å². The third-order valence-corrected chi connectivity index (χ3v) is 6.90. The first-order chi connectivity index (χ1) is 14.6. The molecule has 30 heavy (non-hydrogen) atoms. The zero-order chi connectivity index (χ0) is 20.6. The van der Waals surface area contributed by atoms with E-state index >= 15 is 0 Å². The number of ether oxygens (including phenoxy) is 2. The molecule has 4 saturated carbocycles. The van der Waals surface area contributed by atoms with E-state index < -0.39 is 0 Å². The molecule has 0 unspecified atom stereocenters. The molecule has 4 aliphatic rings. The highest BCUT2D eigenvalue weighted by molar-refractivity contribution is 5.93. The fraction of sp³-hybridized carbons (Fsp3) is 0.440. The number of nitrogens with one attached hydrogen (secondary N) is 1. The van der Waals surface area contributed by atoms with E-state index in [0.29, 0.717) is 29.2 Å². The largest absolute Gasteiger partial charge is 0.457 e. The van der Waals surface area contributed by atoms with Crippen LogP contribution in [0.1, 0.15) is 38.5 Å². The standard InChI is InChI=1S/C25H27NO4/c27-23(26-20-5-4-8-22(12-20)30-21-6-2-1-3-7-21)16-29-24(28)25-13-17-9-18(14-25)11-19(10-17)15-25/h1-8,12,17-19H,9-11,13-16H2,(H,26,27). The molecule has 1 N–H and O–H groups in total. The minimum Gasteiger partial charge on any atom is -0.457 e. The predicted molar refractivity (Wildman–Crippen MR) is 113 cm³/mol. The molecule has 2 aromatic rings. The first-order valence-corrected chi connectivity index (χ1v) is 10.9. The minimum absolute atomic E-state index is 0.169. The number of esters is 1. The van der Waals surface area contributed by atoms with Gasteiger partial charge in [-0.25, -0.2) is 0 Å². The average molecular weight is 405 g/mol. The Bertz CT molecular complexity index is 904. The Kier molecular flexibility index (Phi) is 4.97. The maximum absolute atomic E-state index is 12.9. The van der Waals surface area contributed by atoms with E-state index in [1.807, 2.05) is 42.5 Å². The molecule has 6 rings (SSSR count). The van der Waals surface area contributed by atoms with Crippen molar-refractivity contribution >= 4 is 17.6 Å². The second kappa shape index (κ2) is 7.78. The number of benzene rings is 2. The lowest BCUT2D eigenvalue weighted by Gasteiger charge is -2.55. The highest BCUT2D eigenvalue weighted by atomic mass is 16.5. The van der Waals surface area contributed by atoms with Crippen LogP contribution in [0.25, 0.3) is 0 Å². The van der Waals surface area contributed by atoms with Crippen LogP contribution >= 0.6 is 0 Å². The third-order valence-electron chi connectivity index (χ3n) is 6.90. The van der Waals surface area contributed by atoms with Crippen molar-refractivity contribution in [3.05, 3.63) is 54.6 Å². The fourth-order valence-corrected chi connectivity index (χ4v) is 6.10. The summed E-state index contributed by atoms with van der Waals surface area (Å²) in [7, 11) is 0. The van der Waals surface area contributed by atoms with Gasteiger partial charge in [-0.05, 0) is 80.5 Å². The second-order valence-electron chi connectivity index (χ2n) is 9.27. The Morgan fingerprint density at radius 2 is 1.50 bits per heavy atom. The average Bonchev–Trinajstić information content (AvgIpc) is 2.72. The molecule has 1 amide bonds. The van der Waals surface area contributed by atoms with Crippen LogP contribution in [0.5, 0.6) is 11.5 Å². The molecule has 0 spiro atoms. The van der Waals surface area contributed by atoms with Crippen LogP contribution in [0.3, 0.4) is 0 Å². The van der Waals surface area contributed by atoms with Gasteiger partial charge in [0.1, 0.15) is 11.5 Å². The van der Waals surface area contributed by atoms with E-state index in [9.17, 15) is 9.59 Å². The summed E-state index contributed by atoms with van der Waals surface area (Å²) in [5, 5.41) is 2.80. The Labute approximate surface area is 176 Å². The predicted octanol–water partition coefficient (Wildman–Crippen LogP) is 5.18. The topological polar surface area (TPSA) is 64.6 Å². The van der Waals surface area contributed by atoms with Crippen molar-refractivity contribution in [2.75, 3.05) is 11.9 Å². The number of para-hydroxylation sites is 1. The zero-order valence-electron chi connectivity index (χ0n) is 17.0. The summed E-state index contributed by atoms with van der Waals surface area (Å²) >= 11 is 0. The Hall–Kier alpha value is -2.82. The van der Waals surface area contributed by atoms with Crippen molar-refractivity contribution in [2.24, 2.45) is 23.2 Å². The quantitative estimate of drug-likeness (QED) is 0.673. The highest BCUT2D eigenvalue weighted by Gasteiger charge is 2.55. The van der Waals surface area contributed by atoms with Crippen LogP contribution in [-0.4, -0.2) is 18.5 Å². The smallest absolute Gasteiger partial charge is 0.312 e. The van der Waals surface area contributed by atoms with Crippen LogP contribution in [0, 0.1) is 23.2 Å². The van der Waals surface area contributed by atoms with Crippen molar-refractivity contribution in [3.63, 3.8) is 0 Å². The highest BCUT2D eigenvalue weighted by Crippen LogP contribution is 2.60. The molecule has 0 atom stereocenters. The molecule has 0 saturated heterocycles. The molecule has 5 heteroatoms. The van der Waals surface area contributed by atoms with Gasteiger partial charge in [0, 0.05) is 11.8 Å². The summed E-state index contributed by atoms with van der Waals surface area (Å²) in [6, 6.07) is 16.7. The number of anilines is 1. The maximum atomic E-state index is 12.9. The van der Waals surface area contributed by atoms with Crippen LogP contribution in [0.15, 0.2) is 54.6 Å². The van der Waals surface area contributed by atoms with Crippen molar-refractivity contribution in [2.45, 2.75) is 38.5 Å². The molecule has 156 valence electrons. The number of rotatable bonds is 6. The summed E-state index contributed by atoms with van der Waals surface area (Å²) in [5.41, 5.74) is 0.276. The van der Waals surface area contributed by atoms with Gasteiger partial charge in [-0.2, -0.15) is 0 Å². The SMILES string of the molecule is O=C(COC(=O)C12CC3CC(CC(C3)C1)C2)Nc1cccc(Oc2ccccc2)c1. The van der Waals surface area contributed by atoms with Gasteiger partial charge in [0.15, 0.2) is 6.61 Å². The maximum Gasteiger partial charge on any atom is 0.312 e. The van der Waals surface area contributed by atoms with Crippen molar-refractivity contribution < 1.29 is 19.1 Å². The van der Waals surface area contributed by atoms with Crippen LogP contribution in [-0.2, 0) is 14.3 Å². The first kappa shape index (κ1) is 19.2. The van der Waals surface area contributed by atoms with Crippen LogP contribution in [0.2, 0.25) is 0 Å². The molecule has 5 nitrogen and oxygen atoms in total. The lowest BCUT2D eigenvalue weighted by molar-refractivity contribution is -0.172. The van der Waals surface area contributed by atoms with Crippen molar-refractivity contribution in [1.82, 2.24) is 0 Å². The van der Waals surface area contributed by atoms with Gasteiger partial charge in [0.05, 0.1) is 5.41 Å². The molecule has 4 aliphatic carbocycles. The van der Waals surface area contributed by atoms with E-state index in [1.165, 1.54) is 19.3 Å². The Morgan fingerprint density at radius 1 is 0.867 bits per heavy atom. The first-order valence-electron chi connectivity index (χ1n) is 10.9. The van der Waals surface area contributed by atoms with E-state index in [1.54, 1.807) is 12.1 Å². The Morgan fingerprint density at radius 3 is 2.17 bits per heavy atom. The van der Waals surface area contributed by atoms with Gasteiger partial charge >= 0.3 is 5.97 Å². The normalized spacial score (nSPS) is 28.7.